The summed E-state index contributed by atoms with van der Waals surface area (Å²) in [5.41, 5.74) is 0. The highest BCUT2D eigenvalue weighted by Crippen LogP contribution is 2.05. The van der Waals surface area contributed by atoms with Gasteiger partial charge in [-0.2, -0.15) is 0 Å². The fourth-order valence-electron chi connectivity index (χ4n) is 1.26. The molecule has 1 atom stereocenters. The number of urea groups is 1. The summed E-state index contributed by atoms with van der Waals surface area (Å²) in [4.78, 5) is 23.0. The Kier molecular flexibility index (Phi) is 4.41. The van der Waals surface area contributed by atoms with Crippen LogP contribution in [0.25, 0.3) is 0 Å². The van der Waals surface area contributed by atoms with Crippen LogP contribution in [0.2, 0.25) is 0 Å². The first-order chi connectivity index (χ1) is 7.50. The zero-order valence-electron chi connectivity index (χ0n) is 8.36. The number of ether oxygens (including phenoxy) is 1. The van der Waals surface area contributed by atoms with Gasteiger partial charge in [-0.3, -0.25) is 0 Å². The van der Waals surface area contributed by atoms with Gasteiger partial charge in [-0.1, -0.05) is 0 Å². The van der Waals surface area contributed by atoms with Gasteiger partial charge in [-0.05, 0) is 0 Å². The first-order valence-corrected chi connectivity index (χ1v) is 4.66. The highest BCUT2D eigenvalue weighted by atomic mass is 19.3. The van der Waals surface area contributed by atoms with Crippen molar-refractivity contribution < 1.29 is 28.2 Å². The molecule has 0 radical (unpaired) electrons. The van der Waals surface area contributed by atoms with Crippen molar-refractivity contribution in [1.82, 2.24) is 10.2 Å². The molecule has 0 spiro atoms. The molecule has 1 fully saturated rings. The Morgan fingerprint density at radius 3 is 2.81 bits per heavy atom. The van der Waals surface area contributed by atoms with Crippen LogP contribution in [-0.4, -0.2) is 60.8 Å². The second-order valence-electron chi connectivity index (χ2n) is 3.22. The van der Waals surface area contributed by atoms with Crippen molar-refractivity contribution in [3.05, 3.63) is 0 Å². The summed E-state index contributed by atoms with van der Waals surface area (Å²) in [6, 6.07) is -0.699. The van der Waals surface area contributed by atoms with Crippen LogP contribution >= 0.6 is 0 Å². The third-order valence-corrected chi connectivity index (χ3v) is 2.04. The number of hydrogen-bond donors (Lipinski definition) is 2. The summed E-state index contributed by atoms with van der Waals surface area (Å²) < 4.78 is 28.5. The maximum absolute atomic E-state index is 11.8. The van der Waals surface area contributed by atoms with E-state index in [9.17, 15) is 18.4 Å². The number of carbonyl (C=O) groups is 2. The van der Waals surface area contributed by atoms with Crippen molar-refractivity contribution in [2.75, 3.05) is 26.2 Å². The minimum atomic E-state index is -2.62. The normalized spacial score (nSPS) is 20.9. The van der Waals surface area contributed by atoms with Crippen LogP contribution in [0.3, 0.4) is 0 Å². The highest BCUT2D eigenvalue weighted by Gasteiger charge is 2.28. The van der Waals surface area contributed by atoms with E-state index in [1.54, 1.807) is 0 Å². The lowest BCUT2D eigenvalue weighted by atomic mass is 10.3. The molecule has 1 aliphatic rings. The molecule has 92 valence electrons. The second-order valence-corrected chi connectivity index (χ2v) is 3.22. The van der Waals surface area contributed by atoms with E-state index in [-0.39, 0.29) is 19.7 Å². The number of aliphatic carboxylic acids is 1. The van der Waals surface area contributed by atoms with Crippen molar-refractivity contribution in [3.63, 3.8) is 0 Å². The zero-order chi connectivity index (χ0) is 12.1. The highest BCUT2D eigenvalue weighted by molar-refractivity contribution is 5.77. The molecule has 16 heavy (non-hydrogen) atoms. The van der Waals surface area contributed by atoms with Crippen molar-refractivity contribution >= 4 is 12.0 Å². The number of nitrogens with one attached hydrogen (secondary N) is 1. The average Bonchev–Trinajstić information content (AvgIpc) is 2.26. The Labute approximate surface area is 90.2 Å². The van der Waals surface area contributed by atoms with E-state index in [2.05, 4.69) is 0 Å². The van der Waals surface area contributed by atoms with Crippen LogP contribution in [-0.2, 0) is 9.53 Å². The molecule has 1 unspecified atom stereocenters. The Morgan fingerprint density at radius 2 is 2.25 bits per heavy atom. The largest absolute Gasteiger partial charge is 0.479 e. The Hall–Kier alpha value is -1.44. The van der Waals surface area contributed by atoms with Crippen LogP contribution in [0.1, 0.15) is 0 Å². The smallest absolute Gasteiger partial charge is 0.334 e. The summed E-state index contributed by atoms with van der Waals surface area (Å²) in [5.74, 6) is -1.17. The average molecular weight is 238 g/mol. The van der Waals surface area contributed by atoms with E-state index in [1.807, 2.05) is 5.32 Å². The lowest BCUT2D eigenvalue weighted by molar-refractivity contribution is -0.154. The van der Waals surface area contributed by atoms with Crippen LogP contribution < -0.4 is 5.32 Å². The summed E-state index contributed by atoms with van der Waals surface area (Å²) in [5, 5.41) is 10.7. The molecule has 0 aliphatic carbocycles. The maximum Gasteiger partial charge on any atom is 0.334 e. The fourth-order valence-corrected chi connectivity index (χ4v) is 1.26. The number of hydrogen-bond acceptors (Lipinski definition) is 3. The van der Waals surface area contributed by atoms with Crippen LogP contribution in [0, 0.1) is 0 Å². The number of carboxylic acid groups (broad SMARTS) is 1. The lowest BCUT2D eigenvalue weighted by Crippen LogP contribution is -2.52. The summed E-state index contributed by atoms with van der Waals surface area (Å²) >= 11 is 0. The number of nitrogens with zero attached hydrogens (tertiary/aromatic N) is 1. The third kappa shape index (κ3) is 3.61. The minimum Gasteiger partial charge on any atom is -0.479 e. The molecular formula is C8H12F2N2O4. The van der Waals surface area contributed by atoms with Crippen LogP contribution in [0.15, 0.2) is 0 Å². The number of rotatable bonds is 3. The van der Waals surface area contributed by atoms with Crippen molar-refractivity contribution in [2.45, 2.75) is 12.5 Å². The molecule has 0 saturated carbocycles. The van der Waals surface area contributed by atoms with Gasteiger partial charge < -0.3 is 20.1 Å². The Bertz CT molecular complexity index is 275. The van der Waals surface area contributed by atoms with Gasteiger partial charge in [0, 0.05) is 6.54 Å². The summed E-state index contributed by atoms with van der Waals surface area (Å²) in [6.07, 6.45) is -3.72. The molecule has 1 rings (SSSR count). The SMILES string of the molecule is O=C(O)C1CN(C(=O)NCC(F)F)CCO1. The van der Waals surface area contributed by atoms with Gasteiger partial charge in [0.25, 0.3) is 6.43 Å². The molecule has 0 aromatic heterocycles. The number of alkyl halides is 2. The molecule has 0 bridgehead atoms. The van der Waals surface area contributed by atoms with Gasteiger partial charge in [0.2, 0.25) is 0 Å². The van der Waals surface area contributed by atoms with Gasteiger partial charge in [0.15, 0.2) is 6.10 Å². The van der Waals surface area contributed by atoms with Crippen LogP contribution in [0.4, 0.5) is 13.6 Å². The number of halogens is 2. The predicted molar refractivity (Wildman–Crippen MR) is 48.4 cm³/mol. The van der Waals surface area contributed by atoms with E-state index >= 15 is 0 Å². The molecular weight excluding hydrogens is 226 g/mol. The molecule has 1 aliphatic heterocycles. The van der Waals surface area contributed by atoms with Gasteiger partial charge in [-0.25, -0.2) is 18.4 Å². The van der Waals surface area contributed by atoms with Crippen molar-refractivity contribution in [2.24, 2.45) is 0 Å². The standard InChI is InChI=1S/C8H12F2N2O4/c9-6(10)3-11-8(15)12-1-2-16-5(4-12)7(13)14/h5-6H,1-4H2,(H,11,15)(H,13,14). The van der Waals surface area contributed by atoms with E-state index in [0.717, 1.165) is 4.90 Å². The molecule has 2 amide bonds. The molecule has 8 heteroatoms. The monoisotopic (exact) mass is 238 g/mol. The number of carboxylic acids is 1. The van der Waals surface area contributed by atoms with Gasteiger partial charge in [0.05, 0.1) is 19.7 Å². The topological polar surface area (TPSA) is 78.9 Å². The molecule has 1 heterocycles. The van der Waals surface area contributed by atoms with E-state index in [1.165, 1.54) is 0 Å². The zero-order valence-corrected chi connectivity index (χ0v) is 8.36. The van der Waals surface area contributed by atoms with E-state index < -0.39 is 31.1 Å². The minimum absolute atomic E-state index is 0.0824. The molecule has 6 nitrogen and oxygen atoms in total. The first kappa shape index (κ1) is 12.6. The third-order valence-electron chi connectivity index (χ3n) is 2.04. The fraction of sp³-hybridized carbons (Fsp3) is 0.750. The quantitative estimate of drug-likeness (QED) is 0.710. The molecule has 0 aromatic carbocycles. The Balaban J connectivity index is 2.41. The summed E-state index contributed by atoms with van der Waals surface area (Å²) in [6.45, 7) is -0.601. The van der Waals surface area contributed by atoms with E-state index in [4.69, 9.17) is 9.84 Å². The van der Waals surface area contributed by atoms with Crippen molar-refractivity contribution in [3.8, 4) is 0 Å². The first-order valence-electron chi connectivity index (χ1n) is 4.66. The molecule has 1 saturated heterocycles. The van der Waals surface area contributed by atoms with Crippen LogP contribution in [0.5, 0.6) is 0 Å². The number of amides is 2. The summed E-state index contributed by atoms with van der Waals surface area (Å²) in [7, 11) is 0. The Morgan fingerprint density at radius 1 is 1.56 bits per heavy atom. The van der Waals surface area contributed by atoms with Gasteiger partial charge in [0.1, 0.15) is 0 Å². The van der Waals surface area contributed by atoms with Crippen molar-refractivity contribution in [1.29, 1.82) is 0 Å². The predicted octanol–water partition coefficient (Wildman–Crippen LogP) is -0.253. The maximum atomic E-state index is 11.8. The van der Waals surface area contributed by atoms with E-state index in [0.29, 0.717) is 0 Å². The van der Waals surface area contributed by atoms with Gasteiger partial charge >= 0.3 is 12.0 Å². The molecule has 0 aromatic rings. The number of carbonyl (C=O) groups excluding carboxylic acids is 1. The van der Waals surface area contributed by atoms with Gasteiger partial charge in [-0.15, -0.1) is 0 Å². The number of morpholine rings is 1. The second kappa shape index (κ2) is 5.59. The molecule has 2 N–H and O–H groups in total. The lowest BCUT2D eigenvalue weighted by Gasteiger charge is -2.30.